The summed E-state index contributed by atoms with van der Waals surface area (Å²) >= 11 is 0. The molecule has 1 aromatic heterocycles. The molecule has 1 N–H and O–H groups in total. The zero-order valence-corrected chi connectivity index (χ0v) is 11.5. The minimum absolute atomic E-state index is 0.000813. The van der Waals surface area contributed by atoms with E-state index in [0.717, 1.165) is 11.3 Å². The smallest absolute Gasteiger partial charge is 0.303 e. The summed E-state index contributed by atoms with van der Waals surface area (Å²) in [5, 5.41) is 8.72. The molecule has 0 aromatic carbocycles. The van der Waals surface area contributed by atoms with Crippen LogP contribution in [0.2, 0.25) is 0 Å². The van der Waals surface area contributed by atoms with Crippen LogP contribution in [0.25, 0.3) is 0 Å². The number of rotatable bonds is 5. The van der Waals surface area contributed by atoms with Crippen molar-refractivity contribution in [3.63, 3.8) is 0 Å². The Balaban J connectivity index is 3.18. The average molecular weight is 251 g/mol. The van der Waals surface area contributed by atoms with E-state index >= 15 is 0 Å². The summed E-state index contributed by atoms with van der Waals surface area (Å²) in [5.41, 5.74) is 2.41. The highest BCUT2D eigenvalue weighted by Crippen LogP contribution is 2.10. The molecule has 0 radical (unpaired) electrons. The first-order valence-electron chi connectivity index (χ1n) is 6.24. The van der Waals surface area contributed by atoms with Crippen LogP contribution >= 0.6 is 0 Å². The van der Waals surface area contributed by atoms with E-state index in [-0.39, 0.29) is 12.0 Å². The van der Waals surface area contributed by atoms with E-state index in [1.807, 2.05) is 19.9 Å². The molecule has 4 nitrogen and oxygen atoms in total. The maximum absolute atomic E-state index is 12.3. The summed E-state index contributed by atoms with van der Waals surface area (Å²) in [7, 11) is 0. The van der Waals surface area contributed by atoms with Gasteiger partial charge in [0.05, 0.1) is 0 Å². The summed E-state index contributed by atoms with van der Waals surface area (Å²) in [6.45, 7) is 8.57. The Morgan fingerprint density at radius 3 is 2.50 bits per heavy atom. The molecule has 0 bridgehead atoms. The number of aryl methyl sites for hydroxylation is 2. The van der Waals surface area contributed by atoms with E-state index in [4.69, 9.17) is 5.11 Å². The second-order valence-corrected chi connectivity index (χ2v) is 5.15. The van der Waals surface area contributed by atoms with Crippen molar-refractivity contribution >= 4 is 5.97 Å². The highest BCUT2D eigenvalue weighted by Gasteiger charge is 2.12. The van der Waals surface area contributed by atoms with Crippen molar-refractivity contribution in [3.05, 3.63) is 33.2 Å². The van der Waals surface area contributed by atoms with Crippen LogP contribution in [0.3, 0.4) is 0 Å². The molecule has 4 heteroatoms. The molecule has 1 aromatic rings. The maximum atomic E-state index is 12.3. The van der Waals surface area contributed by atoms with Crippen molar-refractivity contribution in [2.45, 2.75) is 47.1 Å². The standard InChI is InChI=1S/C14H21NO3/c1-9(2)8-15-11(4)7-10(3)12(14(15)18)5-6-13(16)17/h7,9H,5-6,8H2,1-4H3,(H,16,17). The van der Waals surface area contributed by atoms with Gasteiger partial charge in [-0.2, -0.15) is 0 Å². The molecular formula is C14H21NO3. The summed E-state index contributed by atoms with van der Waals surface area (Å²) < 4.78 is 1.74. The summed E-state index contributed by atoms with van der Waals surface area (Å²) in [5.74, 6) is -0.485. The van der Waals surface area contributed by atoms with Gasteiger partial charge in [-0.3, -0.25) is 9.59 Å². The normalized spacial score (nSPS) is 10.9. The third-order valence-corrected chi connectivity index (χ3v) is 2.97. The third-order valence-electron chi connectivity index (χ3n) is 2.97. The van der Waals surface area contributed by atoms with Crippen LogP contribution in [0.15, 0.2) is 10.9 Å². The second-order valence-electron chi connectivity index (χ2n) is 5.15. The van der Waals surface area contributed by atoms with Crippen molar-refractivity contribution in [3.8, 4) is 0 Å². The summed E-state index contributed by atoms with van der Waals surface area (Å²) in [6.07, 6.45) is 0.305. The quantitative estimate of drug-likeness (QED) is 0.872. The number of carboxylic acids is 1. The number of pyridine rings is 1. The van der Waals surface area contributed by atoms with Gasteiger partial charge in [0, 0.05) is 24.2 Å². The topological polar surface area (TPSA) is 59.3 Å². The Kier molecular flexibility index (Phi) is 4.70. The summed E-state index contributed by atoms with van der Waals surface area (Å²) in [6, 6.07) is 1.96. The molecule has 0 aliphatic heterocycles. The first-order valence-corrected chi connectivity index (χ1v) is 6.24. The first kappa shape index (κ1) is 14.5. The molecular weight excluding hydrogens is 230 g/mol. The van der Waals surface area contributed by atoms with Gasteiger partial charge in [0.1, 0.15) is 0 Å². The monoisotopic (exact) mass is 251 g/mol. The minimum atomic E-state index is -0.871. The Morgan fingerprint density at radius 1 is 1.39 bits per heavy atom. The largest absolute Gasteiger partial charge is 0.481 e. The molecule has 0 saturated carbocycles. The lowest BCUT2D eigenvalue weighted by Crippen LogP contribution is -2.28. The van der Waals surface area contributed by atoms with Crippen molar-refractivity contribution in [1.82, 2.24) is 4.57 Å². The van der Waals surface area contributed by atoms with E-state index < -0.39 is 5.97 Å². The molecule has 0 aliphatic rings. The molecule has 1 rings (SSSR count). The molecule has 0 amide bonds. The van der Waals surface area contributed by atoms with E-state index in [2.05, 4.69) is 13.8 Å². The summed E-state index contributed by atoms with van der Waals surface area (Å²) in [4.78, 5) is 22.9. The number of aromatic nitrogens is 1. The Labute approximate surface area is 107 Å². The predicted molar refractivity (Wildman–Crippen MR) is 71.0 cm³/mol. The molecule has 1 heterocycles. The van der Waals surface area contributed by atoms with Crippen LogP contribution < -0.4 is 5.56 Å². The third kappa shape index (κ3) is 3.45. The van der Waals surface area contributed by atoms with Crippen LogP contribution in [0, 0.1) is 19.8 Å². The molecule has 0 unspecified atom stereocenters. The number of aliphatic carboxylic acids is 1. The highest BCUT2D eigenvalue weighted by molar-refractivity contribution is 5.67. The molecule has 100 valence electrons. The lowest BCUT2D eigenvalue weighted by Gasteiger charge is -2.15. The van der Waals surface area contributed by atoms with Gasteiger partial charge in [-0.1, -0.05) is 13.8 Å². The highest BCUT2D eigenvalue weighted by atomic mass is 16.4. The molecule has 0 atom stereocenters. The van der Waals surface area contributed by atoms with Crippen molar-refractivity contribution in [2.75, 3.05) is 0 Å². The number of hydrogen-bond donors (Lipinski definition) is 1. The predicted octanol–water partition coefficient (Wildman–Crippen LogP) is 2.14. The first-order chi connectivity index (χ1) is 8.32. The van der Waals surface area contributed by atoms with Gasteiger partial charge in [0.15, 0.2) is 0 Å². The fourth-order valence-corrected chi connectivity index (χ4v) is 2.10. The van der Waals surface area contributed by atoms with E-state index in [1.165, 1.54) is 0 Å². The molecule has 0 aliphatic carbocycles. The van der Waals surface area contributed by atoms with Crippen LogP contribution in [0.1, 0.15) is 37.1 Å². The van der Waals surface area contributed by atoms with Gasteiger partial charge >= 0.3 is 5.97 Å². The van der Waals surface area contributed by atoms with Gasteiger partial charge in [-0.05, 0) is 37.8 Å². The van der Waals surface area contributed by atoms with Gasteiger partial charge in [-0.25, -0.2) is 0 Å². The zero-order valence-electron chi connectivity index (χ0n) is 11.5. The SMILES string of the molecule is Cc1cc(C)n(CC(C)C)c(=O)c1CCC(=O)O. The fraction of sp³-hybridized carbons (Fsp3) is 0.571. The maximum Gasteiger partial charge on any atom is 0.303 e. The Hall–Kier alpha value is -1.58. The zero-order chi connectivity index (χ0) is 13.9. The fourth-order valence-electron chi connectivity index (χ4n) is 2.10. The van der Waals surface area contributed by atoms with Crippen LogP contribution in [-0.2, 0) is 17.8 Å². The van der Waals surface area contributed by atoms with Crippen molar-refractivity contribution < 1.29 is 9.90 Å². The molecule has 0 spiro atoms. The lowest BCUT2D eigenvalue weighted by molar-refractivity contribution is -0.136. The minimum Gasteiger partial charge on any atom is -0.481 e. The van der Waals surface area contributed by atoms with Gasteiger partial charge in [0.2, 0.25) is 0 Å². The Morgan fingerprint density at radius 2 is 2.00 bits per heavy atom. The Bertz CT molecular complexity index is 500. The lowest BCUT2D eigenvalue weighted by atomic mass is 10.0. The van der Waals surface area contributed by atoms with Gasteiger partial charge in [-0.15, -0.1) is 0 Å². The molecule has 18 heavy (non-hydrogen) atoms. The van der Waals surface area contributed by atoms with Crippen molar-refractivity contribution in [1.29, 1.82) is 0 Å². The van der Waals surface area contributed by atoms with E-state index in [0.29, 0.717) is 24.4 Å². The van der Waals surface area contributed by atoms with Gasteiger partial charge in [0.25, 0.3) is 5.56 Å². The number of carboxylic acid groups (broad SMARTS) is 1. The number of hydrogen-bond acceptors (Lipinski definition) is 2. The molecule has 0 saturated heterocycles. The average Bonchev–Trinajstić information content (AvgIpc) is 2.23. The van der Waals surface area contributed by atoms with Crippen LogP contribution in [-0.4, -0.2) is 15.6 Å². The molecule has 0 fully saturated rings. The second kappa shape index (κ2) is 5.85. The van der Waals surface area contributed by atoms with Crippen molar-refractivity contribution in [2.24, 2.45) is 5.92 Å². The number of carbonyl (C=O) groups is 1. The van der Waals surface area contributed by atoms with Gasteiger partial charge < -0.3 is 9.67 Å². The van der Waals surface area contributed by atoms with Crippen LogP contribution in [0.4, 0.5) is 0 Å². The van der Waals surface area contributed by atoms with E-state index in [9.17, 15) is 9.59 Å². The van der Waals surface area contributed by atoms with E-state index in [1.54, 1.807) is 4.57 Å². The number of nitrogens with zero attached hydrogens (tertiary/aromatic N) is 1. The van der Waals surface area contributed by atoms with Crippen LogP contribution in [0.5, 0.6) is 0 Å².